The van der Waals surface area contributed by atoms with Gasteiger partial charge in [0.25, 0.3) is 0 Å². The van der Waals surface area contributed by atoms with Gasteiger partial charge in [-0.2, -0.15) is 0 Å². The molecular weight excluding hydrogens is 268 g/mol. The predicted octanol–water partition coefficient (Wildman–Crippen LogP) is 2.35. The number of nitrogens with one attached hydrogen (secondary N) is 1. The number of phenols is 1. The number of hydrogen-bond acceptors (Lipinski definition) is 3. The fourth-order valence-electron chi connectivity index (χ4n) is 2.23. The normalized spacial score (nSPS) is 10.4. The van der Waals surface area contributed by atoms with E-state index in [0.717, 1.165) is 0 Å². The zero-order chi connectivity index (χ0) is 15.4. The number of nitrogens with zero attached hydrogens (tertiary/aromatic N) is 1. The molecule has 0 aliphatic rings. The van der Waals surface area contributed by atoms with Crippen LogP contribution in [-0.2, 0) is 9.59 Å². The van der Waals surface area contributed by atoms with Crippen LogP contribution in [0.25, 0.3) is 10.8 Å². The highest BCUT2D eigenvalue weighted by molar-refractivity contribution is 6.40. The molecule has 2 amide bonds. The Morgan fingerprint density at radius 2 is 1.67 bits per heavy atom. The summed E-state index contributed by atoms with van der Waals surface area (Å²) in [4.78, 5) is 25.5. The van der Waals surface area contributed by atoms with Gasteiger partial charge < -0.3 is 15.3 Å². The Balaban J connectivity index is 2.30. The third kappa shape index (κ3) is 2.97. The van der Waals surface area contributed by atoms with Crippen molar-refractivity contribution in [1.29, 1.82) is 0 Å². The van der Waals surface area contributed by atoms with Gasteiger partial charge in [0.15, 0.2) is 0 Å². The average molecular weight is 286 g/mol. The van der Waals surface area contributed by atoms with Gasteiger partial charge in [-0.1, -0.05) is 24.3 Å². The number of carbonyl (C=O) groups excluding carboxylic acids is 2. The van der Waals surface area contributed by atoms with Crippen LogP contribution in [0.2, 0.25) is 0 Å². The number of rotatable bonds is 3. The van der Waals surface area contributed by atoms with Crippen LogP contribution in [0.4, 0.5) is 5.69 Å². The summed E-state index contributed by atoms with van der Waals surface area (Å²) in [5.74, 6) is -1.09. The fourth-order valence-corrected chi connectivity index (χ4v) is 2.23. The highest BCUT2D eigenvalue weighted by atomic mass is 16.3. The molecule has 0 unspecified atom stereocenters. The van der Waals surface area contributed by atoms with Crippen LogP contribution in [0.15, 0.2) is 36.4 Å². The lowest BCUT2D eigenvalue weighted by atomic mass is 10.1. The minimum absolute atomic E-state index is 0.138. The van der Waals surface area contributed by atoms with E-state index in [0.29, 0.717) is 29.5 Å². The van der Waals surface area contributed by atoms with Crippen molar-refractivity contribution >= 4 is 28.3 Å². The minimum atomic E-state index is -0.672. The van der Waals surface area contributed by atoms with Gasteiger partial charge in [-0.25, -0.2) is 0 Å². The van der Waals surface area contributed by atoms with E-state index >= 15 is 0 Å². The maximum Gasteiger partial charge on any atom is 0.313 e. The van der Waals surface area contributed by atoms with Crippen molar-refractivity contribution in [2.75, 3.05) is 18.4 Å². The smallest absolute Gasteiger partial charge is 0.313 e. The van der Waals surface area contributed by atoms with Crippen molar-refractivity contribution in [2.45, 2.75) is 13.8 Å². The molecule has 0 aliphatic carbocycles. The topological polar surface area (TPSA) is 69.6 Å². The first-order chi connectivity index (χ1) is 10.1. The summed E-state index contributed by atoms with van der Waals surface area (Å²) in [5, 5.41) is 13.8. The highest BCUT2D eigenvalue weighted by Crippen LogP contribution is 2.29. The van der Waals surface area contributed by atoms with E-state index in [1.54, 1.807) is 36.4 Å². The van der Waals surface area contributed by atoms with Crippen molar-refractivity contribution in [3.8, 4) is 5.75 Å². The van der Waals surface area contributed by atoms with Crippen LogP contribution in [0.1, 0.15) is 13.8 Å². The fraction of sp³-hybridized carbons (Fsp3) is 0.250. The van der Waals surface area contributed by atoms with Crippen molar-refractivity contribution in [2.24, 2.45) is 0 Å². The lowest BCUT2D eigenvalue weighted by Crippen LogP contribution is -2.39. The van der Waals surface area contributed by atoms with Gasteiger partial charge >= 0.3 is 11.8 Å². The molecule has 0 radical (unpaired) electrons. The summed E-state index contributed by atoms with van der Waals surface area (Å²) < 4.78 is 0. The number of carbonyl (C=O) groups is 2. The molecule has 2 rings (SSSR count). The lowest BCUT2D eigenvalue weighted by molar-refractivity contribution is -0.142. The Morgan fingerprint density at radius 1 is 1.05 bits per heavy atom. The predicted molar refractivity (Wildman–Crippen MR) is 82.2 cm³/mol. The highest BCUT2D eigenvalue weighted by Gasteiger charge is 2.20. The quantitative estimate of drug-likeness (QED) is 0.851. The summed E-state index contributed by atoms with van der Waals surface area (Å²) in [6.45, 7) is 4.62. The number of likely N-dealkylation sites (N-methyl/N-ethyl adjacent to an activating group) is 1. The number of phenolic OH excluding ortho intramolecular Hbond substituents is 1. The maximum absolute atomic E-state index is 12.0. The first kappa shape index (κ1) is 14.8. The van der Waals surface area contributed by atoms with Gasteiger partial charge in [0.05, 0.1) is 0 Å². The first-order valence-corrected chi connectivity index (χ1v) is 6.89. The molecule has 0 heterocycles. The Morgan fingerprint density at radius 3 is 2.33 bits per heavy atom. The molecular formula is C16H18N2O3. The van der Waals surface area contributed by atoms with Crippen LogP contribution in [0.3, 0.4) is 0 Å². The van der Waals surface area contributed by atoms with E-state index in [-0.39, 0.29) is 5.75 Å². The van der Waals surface area contributed by atoms with Crippen LogP contribution < -0.4 is 5.32 Å². The monoisotopic (exact) mass is 286 g/mol. The number of amides is 2. The van der Waals surface area contributed by atoms with Gasteiger partial charge in [-0.3, -0.25) is 9.59 Å². The molecule has 5 nitrogen and oxygen atoms in total. The summed E-state index contributed by atoms with van der Waals surface area (Å²) >= 11 is 0. The van der Waals surface area contributed by atoms with E-state index < -0.39 is 11.8 Å². The van der Waals surface area contributed by atoms with Crippen molar-refractivity contribution in [1.82, 2.24) is 4.90 Å². The summed E-state index contributed by atoms with van der Waals surface area (Å²) in [6, 6.07) is 10.2. The average Bonchev–Trinajstić information content (AvgIpc) is 2.49. The van der Waals surface area contributed by atoms with E-state index in [1.165, 1.54) is 4.90 Å². The molecule has 0 atom stereocenters. The van der Waals surface area contributed by atoms with Crippen LogP contribution in [0, 0.1) is 0 Å². The van der Waals surface area contributed by atoms with Crippen LogP contribution in [-0.4, -0.2) is 34.9 Å². The molecule has 0 aromatic heterocycles. The minimum Gasteiger partial charge on any atom is -0.507 e. The molecule has 110 valence electrons. The van der Waals surface area contributed by atoms with Gasteiger partial charge in [0.2, 0.25) is 0 Å². The Labute approximate surface area is 123 Å². The van der Waals surface area contributed by atoms with Crippen LogP contribution in [0.5, 0.6) is 5.75 Å². The maximum atomic E-state index is 12.0. The van der Waals surface area contributed by atoms with Crippen molar-refractivity contribution in [3.63, 3.8) is 0 Å². The lowest BCUT2D eigenvalue weighted by Gasteiger charge is -2.18. The molecule has 21 heavy (non-hydrogen) atoms. The molecule has 0 saturated carbocycles. The Hall–Kier alpha value is -2.56. The zero-order valence-corrected chi connectivity index (χ0v) is 12.1. The first-order valence-electron chi connectivity index (χ1n) is 6.89. The van der Waals surface area contributed by atoms with E-state index in [1.807, 2.05) is 13.8 Å². The molecule has 0 bridgehead atoms. The van der Waals surface area contributed by atoms with E-state index in [2.05, 4.69) is 5.32 Å². The summed E-state index contributed by atoms with van der Waals surface area (Å²) in [7, 11) is 0. The van der Waals surface area contributed by atoms with Gasteiger partial charge in [-0.05, 0) is 26.0 Å². The van der Waals surface area contributed by atoms with Gasteiger partial charge in [-0.15, -0.1) is 0 Å². The SMILES string of the molecule is CCN(CC)C(=O)C(=O)Nc1cccc2c(O)cccc12. The van der Waals surface area contributed by atoms with Gasteiger partial charge in [0.1, 0.15) is 5.75 Å². The number of fused-ring (bicyclic) bond motifs is 1. The Bertz CT molecular complexity index is 678. The second-order valence-corrected chi connectivity index (χ2v) is 4.61. The number of anilines is 1. The molecule has 2 N–H and O–H groups in total. The third-order valence-corrected chi connectivity index (χ3v) is 3.39. The second-order valence-electron chi connectivity index (χ2n) is 4.61. The molecule has 0 fully saturated rings. The Kier molecular flexibility index (Phi) is 4.42. The van der Waals surface area contributed by atoms with Crippen molar-refractivity contribution < 1.29 is 14.7 Å². The zero-order valence-electron chi connectivity index (χ0n) is 12.1. The van der Waals surface area contributed by atoms with Gasteiger partial charge in [0, 0.05) is 29.5 Å². The largest absolute Gasteiger partial charge is 0.507 e. The molecule has 5 heteroatoms. The standard InChI is InChI=1S/C16H18N2O3/c1-3-18(4-2)16(21)15(20)17-13-9-5-8-12-11(13)7-6-10-14(12)19/h5-10,19H,3-4H2,1-2H3,(H,17,20). The molecule has 0 aliphatic heterocycles. The molecule has 2 aromatic carbocycles. The summed E-state index contributed by atoms with van der Waals surface area (Å²) in [5.41, 5.74) is 0.508. The molecule has 0 saturated heterocycles. The number of hydrogen-bond donors (Lipinski definition) is 2. The molecule has 2 aromatic rings. The third-order valence-electron chi connectivity index (χ3n) is 3.39. The summed E-state index contributed by atoms with van der Waals surface area (Å²) in [6.07, 6.45) is 0. The molecule has 0 spiro atoms. The van der Waals surface area contributed by atoms with E-state index in [4.69, 9.17) is 0 Å². The second kappa shape index (κ2) is 6.26. The van der Waals surface area contributed by atoms with E-state index in [9.17, 15) is 14.7 Å². The number of aromatic hydroxyl groups is 1. The van der Waals surface area contributed by atoms with Crippen LogP contribution >= 0.6 is 0 Å². The van der Waals surface area contributed by atoms with Crippen molar-refractivity contribution in [3.05, 3.63) is 36.4 Å². The number of benzene rings is 2.